The minimum absolute atomic E-state index is 0.929. The van der Waals surface area contributed by atoms with Crippen molar-refractivity contribution in [1.29, 1.82) is 0 Å². The van der Waals surface area contributed by atoms with Gasteiger partial charge in [-0.2, -0.15) is 0 Å². The first-order valence-electron chi connectivity index (χ1n) is 12.3. The lowest BCUT2D eigenvalue weighted by atomic mass is 9.88. The topological polar surface area (TPSA) is 312 Å². The minimum Gasteiger partial charge on any atom is -0.477 e. The molecule has 0 aliphatic carbocycles. The van der Waals surface area contributed by atoms with Crippen molar-refractivity contribution < 1.29 is 89.0 Å². The summed E-state index contributed by atoms with van der Waals surface area (Å²) in [7, 11) is 0. The monoisotopic (exact) mass is 593 g/mol. The maximum atomic E-state index is 13.8. The molecule has 3 heterocycles. The van der Waals surface area contributed by atoms with E-state index >= 15 is 0 Å². The molecule has 0 radical (unpaired) electrons. The number of hydrogen-bond donors (Lipinski definition) is 12. The number of halogens is 1. The number of ether oxygens (including phenoxy) is 5. The van der Waals surface area contributed by atoms with Crippen LogP contribution in [0.25, 0.3) is 0 Å². The number of carboxylic acids is 1. The molecule has 13 N–H and O–H groups in total. The van der Waals surface area contributed by atoms with Gasteiger partial charge in [-0.3, -0.25) is 0 Å². The van der Waals surface area contributed by atoms with E-state index in [0.717, 1.165) is 0 Å². The number of aliphatic hydroxyl groups excluding tert-OH is 10. The summed E-state index contributed by atoms with van der Waals surface area (Å²) in [6, 6.07) is -1.49. The molecule has 0 unspecified atom stereocenters. The molecule has 3 aliphatic heterocycles. The van der Waals surface area contributed by atoms with Crippen LogP contribution in [-0.2, 0) is 28.5 Å². The second-order valence-corrected chi connectivity index (χ2v) is 9.81. The van der Waals surface area contributed by atoms with Crippen LogP contribution < -0.4 is 5.73 Å². The normalized spacial score (nSPS) is 48.0. The van der Waals surface area contributed by atoms with Crippen LogP contribution in [0.4, 0.5) is 4.39 Å². The van der Waals surface area contributed by atoms with Gasteiger partial charge < -0.3 is 85.6 Å². The van der Waals surface area contributed by atoms with Gasteiger partial charge in [0.05, 0.1) is 32.0 Å². The largest absolute Gasteiger partial charge is 0.477 e. The second-order valence-electron chi connectivity index (χ2n) is 9.81. The molecule has 0 aromatic carbocycles. The molecule has 0 spiro atoms. The number of hydrogen-bond acceptors (Lipinski definition) is 17. The molecule has 0 aromatic rings. The van der Waals surface area contributed by atoms with Gasteiger partial charge in [-0.15, -0.1) is 0 Å². The zero-order chi connectivity index (χ0) is 30.1. The summed E-state index contributed by atoms with van der Waals surface area (Å²) in [5.74, 6) is -4.89. The third kappa shape index (κ3) is 6.39. The number of carboxylic acid groups (broad SMARTS) is 1. The van der Waals surface area contributed by atoms with Crippen LogP contribution in [0.2, 0.25) is 0 Å². The van der Waals surface area contributed by atoms with Crippen LogP contribution >= 0.6 is 0 Å². The molecule has 3 aliphatic rings. The maximum absolute atomic E-state index is 13.8. The Balaban J connectivity index is 1.90. The van der Waals surface area contributed by atoms with E-state index in [1.165, 1.54) is 0 Å². The highest BCUT2D eigenvalue weighted by atomic mass is 19.1. The quantitative estimate of drug-likeness (QED) is 0.112. The Morgan fingerprint density at radius 2 is 1.57 bits per heavy atom. The third-order valence-electron chi connectivity index (χ3n) is 7.12. The molecule has 3 saturated heterocycles. The predicted molar refractivity (Wildman–Crippen MR) is 119 cm³/mol. The summed E-state index contributed by atoms with van der Waals surface area (Å²) < 4.78 is 40.1. The van der Waals surface area contributed by atoms with E-state index in [2.05, 4.69) is 0 Å². The maximum Gasteiger partial charge on any atom is 0.364 e. The number of aliphatic hydroxyl groups is 10. The fourth-order valence-corrected chi connectivity index (χ4v) is 4.75. The second kappa shape index (κ2) is 13.4. The van der Waals surface area contributed by atoms with Gasteiger partial charge in [0.2, 0.25) is 6.36 Å². The standard InChI is InChI=1S/C21H36FNO17/c22-18-13(32)12(31)15(8(4-26)36-18)38-19-14(33)17(11(30)7(3-25)37-19)40-21(20(34)35)1-5(27)9(23)16(39-21)10(29)6(28)2-24/h5-19,24-33H,1-4,23H2,(H,34,35)/t5-,6+,7+,8+,9+,10+,11-,12+,13+,14+,15+,16+,17-,18-,19-,21-/m0/s1. The lowest BCUT2D eigenvalue weighted by Gasteiger charge is -2.50. The van der Waals surface area contributed by atoms with E-state index < -0.39 is 130 Å². The van der Waals surface area contributed by atoms with Gasteiger partial charge in [-0.25, -0.2) is 9.18 Å². The number of rotatable bonds is 10. The zero-order valence-electron chi connectivity index (χ0n) is 20.8. The average Bonchev–Trinajstić information content (AvgIpc) is 2.93. The van der Waals surface area contributed by atoms with E-state index in [-0.39, 0.29) is 0 Å². The Hall–Kier alpha value is -1.24. The molecule has 18 nitrogen and oxygen atoms in total. The summed E-state index contributed by atoms with van der Waals surface area (Å²) in [6.07, 6.45) is -28.3. The smallest absolute Gasteiger partial charge is 0.364 e. The first-order valence-corrected chi connectivity index (χ1v) is 12.3. The first kappa shape index (κ1) is 33.3. The number of nitrogens with two attached hydrogens (primary N) is 1. The van der Waals surface area contributed by atoms with Crippen molar-refractivity contribution in [2.24, 2.45) is 5.73 Å². The van der Waals surface area contributed by atoms with Gasteiger partial charge in [-0.1, -0.05) is 0 Å². The molecule has 0 amide bonds. The summed E-state index contributed by atoms with van der Waals surface area (Å²) in [5.41, 5.74) is 5.80. The Morgan fingerprint density at radius 1 is 0.950 bits per heavy atom. The van der Waals surface area contributed by atoms with Crippen LogP contribution in [-0.4, -0.2) is 180 Å². The van der Waals surface area contributed by atoms with Gasteiger partial charge in [0.1, 0.15) is 67.1 Å². The zero-order valence-corrected chi connectivity index (χ0v) is 20.8. The molecule has 3 fully saturated rings. The third-order valence-corrected chi connectivity index (χ3v) is 7.12. The van der Waals surface area contributed by atoms with Gasteiger partial charge in [0.25, 0.3) is 5.79 Å². The summed E-state index contributed by atoms with van der Waals surface area (Å²) in [6.45, 7) is -2.89. The number of carbonyl (C=O) groups is 1. The highest BCUT2D eigenvalue weighted by molar-refractivity contribution is 5.76. The first-order chi connectivity index (χ1) is 18.7. The number of aliphatic carboxylic acids is 1. The SMILES string of the molecule is N[C@H]1[C@H]([C@H](O)[C@H](O)CO)O[C@@](O[C@H]2[C@@H](O)[C@@H](CO)O[C@@H](O[C@H]3[C@H](O)[C@@H](O)[C@@H](F)O[C@@H]3CO)[C@@H]2O)(C(=O)O)C[C@@H]1O. The van der Waals surface area contributed by atoms with E-state index in [1.807, 2.05) is 0 Å². The highest BCUT2D eigenvalue weighted by Gasteiger charge is 2.59. The van der Waals surface area contributed by atoms with Gasteiger partial charge >= 0.3 is 5.97 Å². The van der Waals surface area contributed by atoms with Crippen LogP contribution in [0.5, 0.6) is 0 Å². The summed E-state index contributed by atoms with van der Waals surface area (Å²) in [5, 5.41) is 111. The molecular weight excluding hydrogens is 557 g/mol. The van der Waals surface area contributed by atoms with Crippen molar-refractivity contribution >= 4 is 5.97 Å². The summed E-state index contributed by atoms with van der Waals surface area (Å²) in [4.78, 5) is 12.4. The van der Waals surface area contributed by atoms with E-state index in [4.69, 9.17) is 34.5 Å². The highest BCUT2D eigenvalue weighted by Crippen LogP contribution is 2.37. The van der Waals surface area contributed by atoms with E-state index in [1.54, 1.807) is 0 Å². The molecule has 0 aromatic heterocycles. The molecule has 0 saturated carbocycles. The summed E-state index contributed by atoms with van der Waals surface area (Å²) >= 11 is 0. The fourth-order valence-electron chi connectivity index (χ4n) is 4.75. The molecular formula is C21H36FNO17. The van der Waals surface area contributed by atoms with Crippen LogP contribution in [0, 0.1) is 0 Å². The Labute approximate surface area is 225 Å². The van der Waals surface area contributed by atoms with Crippen molar-refractivity contribution in [3.63, 3.8) is 0 Å². The van der Waals surface area contributed by atoms with Gasteiger partial charge in [0, 0.05) is 6.42 Å². The Kier molecular flexibility index (Phi) is 11.1. The fraction of sp³-hybridized carbons (Fsp3) is 0.952. The lowest BCUT2D eigenvalue weighted by molar-refractivity contribution is -0.382. The minimum atomic E-state index is -2.95. The van der Waals surface area contributed by atoms with Crippen molar-refractivity contribution in [1.82, 2.24) is 0 Å². The van der Waals surface area contributed by atoms with Gasteiger partial charge in [0.15, 0.2) is 6.29 Å². The van der Waals surface area contributed by atoms with Gasteiger partial charge in [-0.05, 0) is 0 Å². The van der Waals surface area contributed by atoms with E-state index in [0.29, 0.717) is 0 Å². The lowest BCUT2D eigenvalue weighted by Crippen LogP contribution is -2.70. The van der Waals surface area contributed by atoms with Crippen LogP contribution in [0.3, 0.4) is 0 Å². The van der Waals surface area contributed by atoms with Crippen LogP contribution in [0.1, 0.15) is 6.42 Å². The molecule has 16 atom stereocenters. The Bertz CT molecular complexity index is 843. The predicted octanol–water partition coefficient (Wildman–Crippen LogP) is -7.42. The molecule has 19 heteroatoms. The van der Waals surface area contributed by atoms with E-state index in [9.17, 15) is 60.3 Å². The Morgan fingerprint density at radius 3 is 2.12 bits per heavy atom. The molecule has 40 heavy (non-hydrogen) atoms. The van der Waals surface area contributed by atoms with Crippen molar-refractivity contribution in [2.45, 2.75) is 104 Å². The van der Waals surface area contributed by atoms with Crippen molar-refractivity contribution in [3.8, 4) is 0 Å². The van der Waals surface area contributed by atoms with Crippen molar-refractivity contribution in [3.05, 3.63) is 0 Å². The molecule has 3 rings (SSSR count). The van der Waals surface area contributed by atoms with Crippen LogP contribution in [0.15, 0.2) is 0 Å². The molecule has 0 bridgehead atoms. The molecule has 234 valence electrons. The van der Waals surface area contributed by atoms with Crippen molar-refractivity contribution in [2.75, 3.05) is 19.8 Å². The number of alkyl halides is 1. The average molecular weight is 594 g/mol.